The number of amidine groups is 1. The predicted octanol–water partition coefficient (Wildman–Crippen LogP) is 2.90. The van der Waals surface area contributed by atoms with E-state index in [-0.39, 0.29) is 4.75 Å². The molecule has 116 valence electrons. The van der Waals surface area contributed by atoms with Crippen molar-refractivity contribution in [3.8, 4) is 0 Å². The first-order valence-electron chi connectivity index (χ1n) is 7.92. The fourth-order valence-electron chi connectivity index (χ4n) is 3.87. The first kappa shape index (κ1) is 16.0. The van der Waals surface area contributed by atoms with Gasteiger partial charge in [-0.05, 0) is 37.9 Å². The van der Waals surface area contributed by atoms with Crippen LogP contribution in [0.15, 0.2) is 5.16 Å². The van der Waals surface area contributed by atoms with Crippen molar-refractivity contribution in [3.63, 3.8) is 0 Å². The van der Waals surface area contributed by atoms with Crippen LogP contribution in [0.25, 0.3) is 0 Å². The summed E-state index contributed by atoms with van der Waals surface area (Å²) in [6, 6.07) is 0.765. The maximum absolute atomic E-state index is 9.00. The Labute approximate surface area is 127 Å². The Morgan fingerprint density at radius 1 is 1.40 bits per heavy atom. The van der Waals surface area contributed by atoms with Crippen molar-refractivity contribution in [2.45, 2.75) is 62.7 Å². The minimum absolute atomic E-state index is 0.149. The van der Waals surface area contributed by atoms with Crippen LogP contribution in [-0.2, 0) is 0 Å². The van der Waals surface area contributed by atoms with Crippen LogP contribution in [0.4, 0.5) is 0 Å². The molecular weight excluding hydrogens is 270 g/mol. The zero-order valence-electron chi connectivity index (χ0n) is 12.8. The van der Waals surface area contributed by atoms with Gasteiger partial charge in [-0.15, -0.1) is 0 Å². The highest BCUT2D eigenvalue weighted by Gasteiger charge is 2.40. The van der Waals surface area contributed by atoms with Crippen LogP contribution in [0.5, 0.6) is 0 Å². The minimum atomic E-state index is -0.149. The second kappa shape index (κ2) is 7.03. The number of nitrogens with two attached hydrogens (primary N) is 1. The summed E-state index contributed by atoms with van der Waals surface area (Å²) < 4.78 is -0.149. The van der Waals surface area contributed by atoms with E-state index in [1.165, 1.54) is 32.1 Å². The van der Waals surface area contributed by atoms with Gasteiger partial charge in [-0.1, -0.05) is 31.3 Å². The van der Waals surface area contributed by atoms with Gasteiger partial charge in [0.1, 0.15) is 0 Å². The lowest BCUT2D eigenvalue weighted by atomic mass is 9.82. The molecule has 4 nitrogen and oxygen atoms in total. The molecule has 0 aromatic rings. The molecule has 20 heavy (non-hydrogen) atoms. The zero-order chi connectivity index (χ0) is 14.6. The Kier molecular flexibility index (Phi) is 5.61. The number of oxime groups is 1. The minimum Gasteiger partial charge on any atom is -0.409 e. The number of likely N-dealkylation sites (tertiary alicyclic amines) is 1. The molecule has 3 N–H and O–H groups in total. The van der Waals surface area contributed by atoms with Gasteiger partial charge in [-0.25, -0.2) is 0 Å². The Bertz CT molecular complexity index is 340. The SMILES string of the molecule is CCC1CCCC(N2CCC(SC)(C(N)=NO)CC2)C1. The van der Waals surface area contributed by atoms with E-state index >= 15 is 0 Å². The lowest BCUT2D eigenvalue weighted by Gasteiger charge is -2.45. The van der Waals surface area contributed by atoms with Crippen LogP contribution in [0, 0.1) is 5.92 Å². The van der Waals surface area contributed by atoms with Gasteiger partial charge in [-0.3, -0.25) is 0 Å². The van der Waals surface area contributed by atoms with Crippen LogP contribution in [0.2, 0.25) is 0 Å². The number of thioether (sulfide) groups is 1. The van der Waals surface area contributed by atoms with Gasteiger partial charge in [0, 0.05) is 19.1 Å². The molecule has 0 aromatic heterocycles. The Morgan fingerprint density at radius 3 is 2.65 bits per heavy atom. The molecular formula is C15H29N3OS. The second-order valence-electron chi connectivity index (χ2n) is 6.31. The lowest BCUT2D eigenvalue weighted by molar-refractivity contribution is 0.104. The first-order valence-corrected chi connectivity index (χ1v) is 9.15. The van der Waals surface area contributed by atoms with Crippen LogP contribution in [0.1, 0.15) is 51.9 Å². The van der Waals surface area contributed by atoms with Crippen molar-refractivity contribution in [2.75, 3.05) is 19.3 Å². The molecule has 2 atom stereocenters. The summed E-state index contributed by atoms with van der Waals surface area (Å²) in [4.78, 5) is 2.65. The van der Waals surface area contributed by atoms with E-state index in [9.17, 15) is 0 Å². The van der Waals surface area contributed by atoms with Crippen LogP contribution >= 0.6 is 11.8 Å². The number of hydrogen-bond acceptors (Lipinski definition) is 4. The lowest BCUT2D eigenvalue weighted by Crippen LogP contribution is -2.53. The fourth-order valence-corrected chi connectivity index (χ4v) is 4.71. The van der Waals surface area contributed by atoms with E-state index in [1.54, 1.807) is 11.8 Å². The van der Waals surface area contributed by atoms with Crippen molar-refractivity contribution < 1.29 is 5.21 Å². The Hall–Kier alpha value is -0.420. The van der Waals surface area contributed by atoms with E-state index in [2.05, 4.69) is 23.2 Å². The van der Waals surface area contributed by atoms with E-state index in [0.717, 1.165) is 37.9 Å². The molecule has 0 amide bonds. The molecule has 1 saturated heterocycles. The highest BCUT2D eigenvalue weighted by molar-refractivity contribution is 8.00. The highest BCUT2D eigenvalue weighted by Crippen LogP contribution is 2.38. The summed E-state index contributed by atoms with van der Waals surface area (Å²) in [6.07, 6.45) is 10.9. The topological polar surface area (TPSA) is 61.8 Å². The van der Waals surface area contributed by atoms with Crippen LogP contribution in [-0.4, -0.2) is 46.1 Å². The van der Waals surface area contributed by atoms with Crippen LogP contribution in [0.3, 0.4) is 0 Å². The fraction of sp³-hybridized carbons (Fsp3) is 0.933. The molecule has 2 fully saturated rings. The molecule has 1 heterocycles. The zero-order valence-corrected chi connectivity index (χ0v) is 13.7. The highest BCUT2D eigenvalue weighted by atomic mass is 32.2. The number of piperidine rings is 1. The summed E-state index contributed by atoms with van der Waals surface area (Å²) in [5, 5.41) is 12.3. The maximum atomic E-state index is 9.00. The maximum Gasteiger partial charge on any atom is 0.155 e. The summed E-state index contributed by atoms with van der Waals surface area (Å²) in [5.74, 6) is 1.32. The van der Waals surface area contributed by atoms with E-state index in [4.69, 9.17) is 10.9 Å². The Morgan fingerprint density at radius 2 is 2.10 bits per heavy atom. The third-order valence-corrected chi connectivity index (χ3v) is 6.82. The molecule has 2 aliphatic rings. The molecule has 0 radical (unpaired) electrons. The van der Waals surface area contributed by atoms with Crippen LogP contribution < -0.4 is 5.73 Å². The summed E-state index contributed by atoms with van der Waals surface area (Å²) in [5.41, 5.74) is 5.92. The standard InChI is InChI=1S/C15H29N3OS/c1-3-12-5-4-6-13(11-12)18-9-7-15(20-2,8-10-18)14(16)17-19/h12-13,19H,3-11H2,1-2H3,(H2,16,17). The first-order chi connectivity index (χ1) is 9.65. The van der Waals surface area contributed by atoms with E-state index in [0.29, 0.717) is 5.84 Å². The summed E-state index contributed by atoms with van der Waals surface area (Å²) in [6.45, 7) is 4.48. The molecule has 0 bridgehead atoms. The van der Waals surface area contributed by atoms with Crippen molar-refractivity contribution >= 4 is 17.6 Å². The monoisotopic (exact) mass is 299 g/mol. The third kappa shape index (κ3) is 3.25. The summed E-state index contributed by atoms with van der Waals surface area (Å²) >= 11 is 1.74. The van der Waals surface area contributed by atoms with Gasteiger partial charge >= 0.3 is 0 Å². The second-order valence-corrected chi connectivity index (χ2v) is 7.50. The van der Waals surface area contributed by atoms with E-state index in [1.807, 2.05) is 0 Å². The number of nitrogens with zero attached hydrogens (tertiary/aromatic N) is 2. The molecule has 0 aromatic carbocycles. The van der Waals surface area contributed by atoms with Gasteiger partial charge in [0.15, 0.2) is 5.84 Å². The average molecular weight is 299 g/mol. The van der Waals surface area contributed by atoms with Crippen molar-refractivity contribution in [1.29, 1.82) is 0 Å². The largest absolute Gasteiger partial charge is 0.409 e. The Balaban J connectivity index is 1.93. The van der Waals surface area contributed by atoms with Gasteiger partial charge in [0.25, 0.3) is 0 Å². The smallest absolute Gasteiger partial charge is 0.155 e. The summed E-state index contributed by atoms with van der Waals surface area (Å²) in [7, 11) is 0. The third-order valence-electron chi connectivity index (χ3n) is 5.42. The van der Waals surface area contributed by atoms with Crippen molar-refractivity contribution in [2.24, 2.45) is 16.8 Å². The van der Waals surface area contributed by atoms with Gasteiger partial charge in [0.2, 0.25) is 0 Å². The van der Waals surface area contributed by atoms with Gasteiger partial charge in [-0.2, -0.15) is 11.8 Å². The molecule has 5 heteroatoms. The number of rotatable bonds is 4. The van der Waals surface area contributed by atoms with Gasteiger partial charge < -0.3 is 15.8 Å². The molecule has 1 aliphatic heterocycles. The van der Waals surface area contributed by atoms with Gasteiger partial charge in [0.05, 0.1) is 4.75 Å². The molecule has 0 spiro atoms. The molecule has 2 rings (SSSR count). The normalized spacial score (nSPS) is 32.2. The molecule has 2 unspecified atom stereocenters. The molecule has 1 saturated carbocycles. The molecule has 1 aliphatic carbocycles. The average Bonchev–Trinajstić information content (AvgIpc) is 2.54. The van der Waals surface area contributed by atoms with Crippen molar-refractivity contribution in [3.05, 3.63) is 0 Å². The number of hydrogen-bond donors (Lipinski definition) is 2. The van der Waals surface area contributed by atoms with Crippen molar-refractivity contribution in [1.82, 2.24) is 4.90 Å². The van der Waals surface area contributed by atoms with E-state index < -0.39 is 0 Å². The quantitative estimate of drug-likeness (QED) is 0.363. The predicted molar refractivity (Wildman–Crippen MR) is 86.5 cm³/mol.